The number of aromatic nitrogens is 1. The molecule has 2 rings (SSSR count). The monoisotopic (exact) mass is 304 g/mol. The highest BCUT2D eigenvalue weighted by atomic mass is 32.1. The van der Waals surface area contributed by atoms with E-state index in [1.165, 1.54) is 5.56 Å². The zero-order valence-electron chi connectivity index (χ0n) is 13.0. The molecule has 4 heteroatoms. The topological polar surface area (TPSA) is 45.1 Å². The minimum absolute atomic E-state index is 0.304. The van der Waals surface area contributed by atoms with Crippen molar-refractivity contribution in [1.82, 2.24) is 10.3 Å². The molecule has 0 fully saturated rings. The summed E-state index contributed by atoms with van der Waals surface area (Å²) in [7, 11) is 0. The van der Waals surface area contributed by atoms with E-state index in [0.717, 1.165) is 30.1 Å². The Morgan fingerprint density at radius 1 is 1.29 bits per heavy atom. The molecule has 1 heterocycles. The second-order valence-corrected chi connectivity index (χ2v) is 7.06. The minimum atomic E-state index is -0.617. The van der Waals surface area contributed by atoms with E-state index in [9.17, 15) is 5.11 Å². The van der Waals surface area contributed by atoms with Gasteiger partial charge in [-0.3, -0.25) is 0 Å². The molecule has 0 aliphatic carbocycles. The number of aliphatic hydroxyl groups is 1. The first kappa shape index (κ1) is 16.1. The highest BCUT2D eigenvalue weighted by Crippen LogP contribution is 2.21. The van der Waals surface area contributed by atoms with Gasteiger partial charge in [-0.05, 0) is 27.2 Å². The van der Waals surface area contributed by atoms with Gasteiger partial charge in [-0.1, -0.05) is 30.3 Å². The van der Waals surface area contributed by atoms with Crippen molar-refractivity contribution in [1.29, 1.82) is 0 Å². The number of rotatable bonds is 7. The summed E-state index contributed by atoms with van der Waals surface area (Å²) in [6, 6.07) is 10.6. The van der Waals surface area contributed by atoms with Gasteiger partial charge >= 0.3 is 0 Å². The Bertz CT molecular complexity index is 545. The van der Waals surface area contributed by atoms with Gasteiger partial charge in [0.05, 0.1) is 16.3 Å². The lowest BCUT2D eigenvalue weighted by molar-refractivity contribution is 0.0614. The lowest BCUT2D eigenvalue weighted by Crippen LogP contribution is -2.35. The SMILES string of the molecule is C[C@@H](CC(C)(C)O)NCCc1nc(-c2ccccc2)cs1. The summed E-state index contributed by atoms with van der Waals surface area (Å²) in [6.45, 7) is 6.69. The number of nitrogens with zero attached hydrogens (tertiary/aromatic N) is 1. The molecule has 0 aliphatic rings. The predicted molar refractivity (Wildman–Crippen MR) is 89.6 cm³/mol. The van der Waals surface area contributed by atoms with Gasteiger partial charge in [0.15, 0.2) is 0 Å². The van der Waals surface area contributed by atoms with Crippen molar-refractivity contribution in [2.75, 3.05) is 6.54 Å². The molecule has 0 aliphatic heterocycles. The van der Waals surface area contributed by atoms with Gasteiger partial charge in [0, 0.05) is 30.0 Å². The molecule has 0 unspecified atom stereocenters. The van der Waals surface area contributed by atoms with Crippen molar-refractivity contribution >= 4 is 11.3 Å². The number of hydrogen-bond donors (Lipinski definition) is 2. The smallest absolute Gasteiger partial charge is 0.0945 e. The summed E-state index contributed by atoms with van der Waals surface area (Å²) in [4.78, 5) is 4.68. The number of nitrogens with one attached hydrogen (secondary N) is 1. The fourth-order valence-corrected chi connectivity index (χ4v) is 3.22. The van der Waals surface area contributed by atoms with Crippen molar-refractivity contribution in [3.05, 3.63) is 40.7 Å². The Hall–Kier alpha value is -1.23. The van der Waals surface area contributed by atoms with Crippen LogP contribution in [0.3, 0.4) is 0 Å². The molecular weight excluding hydrogens is 280 g/mol. The molecule has 0 spiro atoms. The van der Waals surface area contributed by atoms with E-state index in [0.29, 0.717) is 6.04 Å². The zero-order chi connectivity index (χ0) is 15.3. The van der Waals surface area contributed by atoms with Gasteiger partial charge in [-0.25, -0.2) is 4.98 Å². The molecule has 0 saturated carbocycles. The Morgan fingerprint density at radius 2 is 2.00 bits per heavy atom. The van der Waals surface area contributed by atoms with E-state index in [2.05, 4.69) is 34.7 Å². The van der Waals surface area contributed by atoms with Crippen LogP contribution in [-0.4, -0.2) is 28.3 Å². The van der Waals surface area contributed by atoms with Crippen LogP contribution in [-0.2, 0) is 6.42 Å². The molecule has 2 N–H and O–H groups in total. The summed E-state index contributed by atoms with van der Waals surface area (Å²) in [5, 5.41) is 16.5. The normalized spacial score (nSPS) is 13.3. The zero-order valence-corrected chi connectivity index (χ0v) is 13.8. The van der Waals surface area contributed by atoms with E-state index in [1.807, 2.05) is 32.0 Å². The maximum absolute atomic E-state index is 9.78. The predicted octanol–water partition coefficient (Wildman–Crippen LogP) is 3.49. The van der Waals surface area contributed by atoms with Crippen LogP contribution in [0.25, 0.3) is 11.3 Å². The standard InChI is InChI=1S/C17H24N2OS/c1-13(11-17(2,3)20)18-10-9-16-19-15(12-21-16)14-7-5-4-6-8-14/h4-8,12-13,18,20H,9-11H2,1-3H3/t13-/m0/s1. The lowest BCUT2D eigenvalue weighted by atomic mass is 10.0. The highest BCUT2D eigenvalue weighted by molar-refractivity contribution is 7.09. The Labute approximate surface area is 131 Å². The Kier molecular flexibility index (Phi) is 5.51. The molecular formula is C17H24N2OS. The Balaban J connectivity index is 1.81. The highest BCUT2D eigenvalue weighted by Gasteiger charge is 2.16. The average Bonchev–Trinajstić information content (AvgIpc) is 2.86. The molecule has 0 saturated heterocycles. The molecule has 0 radical (unpaired) electrons. The van der Waals surface area contributed by atoms with Crippen molar-refractivity contribution in [2.45, 2.75) is 45.3 Å². The molecule has 1 aromatic heterocycles. The van der Waals surface area contributed by atoms with E-state index < -0.39 is 5.60 Å². The molecule has 21 heavy (non-hydrogen) atoms. The first-order chi connectivity index (χ1) is 9.94. The lowest BCUT2D eigenvalue weighted by Gasteiger charge is -2.22. The van der Waals surface area contributed by atoms with Crippen LogP contribution in [0.15, 0.2) is 35.7 Å². The van der Waals surface area contributed by atoms with Crippen molar-refractivity contribution in [3.63, 3.8) is 0 Å². The van der Waals surface area contributed by atoms with Gasteiger partial charge in [0.1, 0.15) is 0 Å². The van der Waals surface area contributed by atoms with Crippen LogP contribution in [0.1, 0.15) is 32.2 Å². The van der Waals surface area contributed by atoms with E-state index >= 15 is 0 Å². The summed E-state index contributed by atoms with van der Waals surface area (Å²) in [6.07, 6.45) is 1.67. The molecule has 114 valence electrons. The maximum Gasteiger partial charge on any atom is 0.0945 e. The summed E-state index contributed by atoms with van der Waals surface area (Å²) < 4.78 is 0. The minimum Gasteiger partial charge on any atom is -0.390 e. The van der Waals surface area contributed by atoms with Gasteiger partial charge < -0.3 is 10.4 Å². The molecule has 1 atom stereocenters. The van der Waals surface area contributed by atoms with Crippen molar-refractivity contribution < 1.29 is 5.11 Å². The van der Waals surface area contributed by atoms with Gasteiger partial charge in [0.25, 0.3) is 0 Å². The van der Waals surface area contributed by atoms with E-state index in [-0.39, 0.29) is 0 Å². The summed E-state index contributed by atoms with van der Waals surface area (Å²) in [5.74, 6) is 0. The van der Waals surface area contributed by atoms with Gasteiger partial charge in [-0.15, -0.1) is 11.3 Å². The molecule has 0 amide bonds. The quantitative estimate of drug-likeness (QED) is 0.823. The molecule has 1 aromatic carbocycles. The first-order valence-electron chi connectivity index (χ1n) is 7.39. The number of benzene rings is 1. The van der Waals surface area contributed by atoms with Crippen LogP contribution in [0.2, 0.25) is 0 Å². The summed E-state index contributed by atoms with van der Waals surface area (Å²) in [5.41, 5.74) is 1.61. The largest absolute Gasteiger partial charge is 0.390 e. The summed E-state index contributed by atoms with van der Waals surface area (Å²) >= 11 is 1.71. The van der Waals surface area contributed by atoms with E-state index in [1.54, 1.807) is 11.3 Å². The second-order valence-electron chi connectivity index (χ2n) is 6.11. The molecule has 0 bridgehead atoms. The van der Waals surface area contributed by atoms with Crippen LogP contribution in [0.5, 0.6) is 0 Å². The molecule has 2 aromatic rings. The maximum atomic E-state index is 9.78. The molecule has 3 nitrogen and oxygen atoms in total. The average molecular weight is 304 g/mol. The first-order valence-corrected chi connectivity index (χ1v) is 8.27. The number of hydrogen-bond acceptors (Lipinski definition) is 4. The fourth-order valence-electron chi connectivity index (χ4n) is 2.41. The third kappa shape index (κ3) is 5.58. The van der Waals surface area contributed by atoms with E-state index in [4.69, 9.17) is 0 Å². The van der Waals surface area contributed by atoms with Gasteiger partial charge in [0.2, 0.25) is 0 Å². The third-order valence-corrected chi connectivity index (χ3v) is 4.17. The van der Waals surface area contributed by atoms with Crippen LogP contribution >= 0.6 is 11.3 Å². The number of thiazole rings is 1. The van der Waals surface area contributed by atoms with Crippen molar-refractivity contribution in [2.24, 2.45) is 0 Å². The van der Waals surface area contributed by atoms with Gasteiger partial charge in [-0.2, -0.15) is 0 Å². The Morgan fingerprint density at radius 3 is 2.67 bits per heavy atom. The van der Waals surface area contributed by atoms with Crippen molar-refractivity contribution in [3.8, 4) is 11.3 Å². The van der Waals surface area contributed by atoms with Crippen LogP contribution in [0, 0.1) is 0 Å². The van der Waals surface area contributed by atoms with Crippen LogP contribution in [0.4, 0.5) is 0 Å². The third-order valence-electron chi connectivity index (χ3n) is 3.26. The second kappa shape index (κ2) is 7.16. The fraction of sp³-hybridized carbons (Fsp3) is 0.471. The van der Waals surface area contributed by atoms with Crippen LogP contribution < -0.4 is 5.32 Å².